The predicted octanol–water partition coefficient (Wildman–Crippen LogP) is 8.64. The number of aryl methyl sites for hydroxylation is 4. The fraction of sp³-hybridized carbons (Fsp3) is 0.356. The van der Waals surface area contributed by atoms with Gasteiger partial charge in [-0.05, 0) is 98.9 Å². The van der Waals surface area contributed by atoms with Crippen molar-refractivity contribution < 1.29 is 23.8 Å². The van der Waals surface area contributed by atoms with Gasteiger partial charge in [0.25, 0.3) is 0 Å². The Hall–Kier alpha value is -4.95. The third-order valence-electron chi connectivity index (χ3n) is 13.0. The van der Waals surface area contributed by atoms with Crippen LogP contribution in [0.15, 0.2) is 60.9 Å². The minimum absolute atomic E-state index is 0.0423. The molecule has 2 spiro atoms. The highest BCUT2D eigenvalue weighted by Gasteiger charge is 2.50. The van der Waals surface area contributed by atoms with Crippen LogP contribution in [0.4, 0.5) is 20.2 Å². The number of fused-ring (bicyclic) bond motifs is 4. The van der Waals surface area contributed by atoms with Crippen LogP contribution in [0.1, 0.15) is 97.7 Å². The number of pyridine rings is 2. The van der Waals surface area contributed by atoms with E-state index >= 15 is 8.78 Å². The first-order valence-corrected chi connectivity index (χ1v) is 21.3. The molecule has 2 aliphatic heterocycles. The summed E-state index contributed by atoms with van der Waals surface area (Å²) >= 11 is 3.27. The average Bonchev–Trinajstić information content (AvgIpc) is 4.05. The fourth-order valence-electron chi connectivity index (χ4n) is 10.4. The summed E-state index contributed by atoms with van der Waals surface area (Å²) in [5.74, 6) is -1.67. The number of thiazole rings is 2. The molecule has 0 bridgehead atoms. The summed E-state index contributed by atoms with van der Waals surface area (Å²) in [7, 11) is 0. The van der Waals surface area contributed by atoms with Crippen LogP contribution in [0.5, 0.6) is 0 Å². The van der Waals surface area contributed by atoms with Crippen molar-refractivity contribution in [3.05, 3.63) is 128 Å². The zero-order valence-electron chi connectivity index (χ0n) is 32.6. The number of ketones is 1. The van der Waals surface area contributed by atoms with Crippen LogP contribution in [0, 0.1) is 39.3 Å². The van der Waals surface area contributed by atoms with E-state index in [2.05, 4.69) is 56.3 Å². The molecule has 2 aliphatic carbocycles. The van der Waals surface area contributed by atoms with E-state index in [1.165, 1.54) is 12.1 Å². The quantitative estimate of drug-likeness (QED) is 0.160. The van der Waals surface area contributed by atoms with Crippen LogP contribution in [0.2, 0.25) is 0 Å². The molecule has 4 unspecified atom stereocenters. The minimum Gasteiger partial charge on any atom is -0.388 e. The second-order valence-electron chi connectivity index (χ2n) is 16.6. The van der Waals surface area contributed by atoms with Gasteiger partial charge in [-0.1, -0.05) is 24.3 Å². The van der Waals surface area contributed by atoms with E-state index < -0.39 is 40.5 Å². The maximum Gasteiger partial charge on any atom is 0.233 e. The van der Waals surface area contributed by atoms with Crippen molar-refractivity contribution in [2.75, 3.05) is 36.0 Å². The lowest BCUT2D eigenvalue weighted by atomic mass is 9.81. The monoisotopic (exact) mass is 816 g/mol. The summed E-state index contributed by atoms with van der Waals surface area (Å²) in [4.78, 5) is 38.7. The third-order valence-corrected chi connectivity index (χ3v) is 15.2. The van der Waals surface area contributed by atoms with Crippen LogP contribution in [0.3, 0.4) is 0 Å². The number of anilines is 2. The molecule has 9 nitrogen and oxygen atoms in total. The van der Waals surface area contributed by atoms with E-state index in [1.54, 1.807) is 22.7 Å². The Bertz CT molecular complexity index is 2500. The molecule has 2 fully saturated rings. The maximum absolute atomic E-state index is 15.1. The standard InChI is InChI=1S/C45H42F2N6O3S2/c1-23-42(57-25(3)50-23)27-5-7-33-31(13-27)37(54)17-44(33)9-11-52(21-44)35-15-29(46)19-48-39(35)41(56)40-36(16-30(47)20-49-40)53-12-10-45(22-53)18-38(55)32-14-28(6-8-34(32)45)43-24(2)51-26(4)58-43/h5-8,13-16,19-20,37-38,54-55H,9-12,17-18,21-22H2,1-4H3. The topological polar surface area (TPSA) is 116 Å². The second kappa shape index (κ2) is 13.6. The number of nitrogens with zero attached hydrogens (tertiary/aromatic N) is 6. The molecule has 0 amide bonds. The molecule has 296 valence electrons. The van der Waals surface area contributed by atoms with Gasteiger partial charge in [0.2, 0.25) is 5.78 Å². The number of rotatable bonds is 6. The first-order valence-electron chi connectivity index (χ1n) is 19.7. The van der Waals surface area contributed by atoms with Crippen molar-refractivity contribution in [1.82, 2.24) is 19.9 Å². The normalized spacial score (nSPS) is 23.4. The predicted molar refractivity (Wildman–Crippen MR) is 222 cm³/mol. The number of aliphatic hydroxyl groups is 2. The van der Waals surface area contributed by atoms with Gasteiger partial charge in [-0.2, -0.15) is 0 Å². The van der Waals surface area contributed by atoms with E-state index in [4.69, 9.17) is 0 Å². The number of hydrogen-bond acceptors (Lipinski definition) is 11. The summed E-state index contributed by atoms with van der Waals surface area (Å²) in [6.07, 6.45) is 3.19. The van der Waals surface area contributed by atoms with Crippen molar-refractivity contribution >= 4 is 39.8 Å². The number of halogens is 2. The van der Waals surface area contributed by atoms with Gasteiger partial charge in [0.05, 0.1) is 67.1 Å². The van der Waals surface area contributed by atoms with Crippen LogP contribution in [0.25, 0.3) is 20.9 Å². The number of carbonyl (C=O) groups is 1. The van der Waals surface area contributed by atoms with E-state index in [1.807, 2.05) is 37.5 Å². The molecule has 0 saturated carbocycles. The van der Waals surface area contributed by atoms with E-state index in [0.717, 1.165) is 76.9 Å². The van der Waals surface area contributed by atoms with Gasteiger partial charge < -0.3 is 20.0 Å². The molecule has 13 heteroatoms. The van der Waals surface area contributed by atoms with Gasteiger partial charge in [0.1, 0.15) is 23.0 Å². The Labute approximate surface area is 343 Å². The smallest absolute Gasteiger partial charge is 0.233 e. The van der Waals surface area contributed by atoms with E-state index in [-0.39, 0.29) is 11.4 Å². The Morgan fingerprint density at radius 2 is 1.12 bits per heavy atom. The highest BCUT2D eigenvalue weighted by molar-refractivity contribution is 7.15. The largest absolute Gasteiger partial charge is 0.388 e. The molecule has 2 N–H and O–H groups in total. The SMILES string of the molecule is Cc1nc(C)c(-c2ccc3c(c2)C(O)CC32CCN(c3cc(F)cnc3C(=O)c3ncc(F)cc3N3CCC4(CC(O)c5cc(-c6sc(C)nc6C)ccc54)C3)C2)s1. The average molecular weight is 817 g/mol. The molecular formula is C45H42F2N6O3S2. The second-order valence-corrected chi connectivity index (χ2v) is 19.0. The molecular weight excluding hydrogens is 775 g/mol. The van der Waals surface area contributed by atoms with Gasteiger partial charge in [-0.15, -0.1) is 22.7 Å². The summed E-state index contributed by atoms with van der Waals surface area (Å²) < 4.78 is 30.2. The highest BCUT2D eigenvalue weighted by Crippen LogP contribution is 2.54. The van der Waals surface area contributed by atoms with Gasteiger partial charge in [-0.25, -0.2) is 28.7 Å². The van der Waals surface area contributed by atoms with Crippen molar-refractivity contribution in [3.8, 4) is 20.9 Å². The van der Waals surface area contributed by atoms with E-state index in [9.17, 15) is 15.0 Å². The zero-order chi connectivity index (χ0) is 40.2. The van der Waals surface area contributed by atoms with Crippen molar-refractivity contribution in [1.29, 1.82) is 0 Å². The number of aliphatic hydroxyl groups excluding tert-OH is 2. The molecule has 6 heterocycles. The van der Waals surface area contributed by atoms with Crippen molar-refractivity contribution in [3.63, 3.8) is 0 Å². The number of aromatic nitrogens is 4. The Balaban J connectivity index is 0.943. The van der Waals surface area contributed by atoms with Crippen LogP contribution in [-0.2, 0) is 10.8 Å². The lowest BCUT2D eigenvalue weighted by Gasteiger charge is -2.28. The van der Waals surface area contributed by atoms with Crippen LogP contribution < -0.4 is 9.80 Å². The summed E-state index contributed by atoms with van der Waals surface area (Å²) in [6, 6.07) is 15.2. The zero-order valence-corrected chi connectivity index (χ0v) is 34.3. The first kappa shape index (κ1) is 37.3. The van der Waals surface area contributed by atoms with Gasteiger partial charge >= 0.3 is 0 Å². The van der Waals surface area contributed by atoms with Crippen molar-refractivity contribution in [2.24, 2.45) is 0 Å². The Morgan fingerprint density at radius 3 is 1.52 bits per heavy atom. The number of benzene rings is 2. The number of carbonyl (C=O) groups excluding carboxylic acids is 1. The minimum atomic E-state index is -0.660. The van der Waals surface area contributed by atoms with Crippen LogP contribution >= 0.6 is 22.7 Å². The molecule has 58 heavy (non-hydrogen) atoms. The van der Waals surface area contributed by atoms with Crippen molar-refractivity contribution in [2.45, 2.75) is 76.4 Å². The molecule has 0 radical (unpaired) electrons. The fourth-order valence-corrected chi connectivity index (χ4v) is 12.3. The molecule has 10 rings (SSSR count). The summed E-state index contributed by atoms with van der Waals surface area (Å²) in [6.45, 7) is 9.95. The lowest BCUT2D eigenvalue weighted by molar-refractivity contribution is 0.103. The van der Waals surface area contributed by atoms with Gasteiger partial charge in [0.15, 0.2) is 0 Å². The first-order chi connectivity index (χ1) is 27.8. The Morgan fingerprint density at radius 1 is 0.690 bits per heavy atom. The summed E-state index contributed by atoms with van der Waals surface area (Å²) in [5, 5.41) is 24.8. The van der Waals surface area contributed by atoms with Crippen LogP contribution in [-0.4, -0.2) is 62.1 Å². The number of hydrogen-bond donors (Lipinski definition) is 2. The van der Waals surface area contributed by atoms with Gasteiger partial charge in [-0.3, -0.25) is 4.79 Å². The molecule has 2 saturated heterocycles. The highest BCUT2D eigenvalue weighted by atomic mass is 32.1. The molecule has 4 atom stereocenters. The third kappa shape index (κ3) is 5.91. The Kier molecular flexibility index (Phi) is 8.72. The van der Waals surface area contributed by atoms with Gasteiger partial charge in [0, 0.05) is 49.1 Å². The lowest BCUT2D eigenvalue weighted by Crippen LogP contribution is -2.31. The molecule has 2 aromatic carbocycles. The molecule has 4 aliphatic rings. The van der Waals surface area contributed by atoms with E-state index in [0.29, 0.717) is 63.2 Å². The summed E-state index contributed by atoms with van der Waals surface area (Å²) in [5.41, 5.74) is 7.89. The molecule has 6 aromatic rings. The molecule has 4 aromatic heterocycles. The maximum atomic E-state index is 15.1.